The van der Waals surface area contributed by atoms with Crippen LogP contribution in [-0.2, 0) is 14.8 Å². The molecular weight excluding hydrogens is 412 g/mol. The number of hydrogen-bond acceptors (Lipinski definition) is 4. The minimum atomic E-state index is -4.30. The van der Waals surface area contributed by atoms with Gasteiger partial charge in [-0.3, -0.25) is 9.10 Å². The lowest BCUT2D eigenvalue weighted by Gasteiger charge is -2.22. The monoisotopic (exact) mass is 448 g/mol. The van der Waals surface area contributed by atoms with E-state index in [1.165, 1.54) is 43.4 Å². The normalized spacial score (nSPS) is 26.4. The molecule has 0 aliphatic carbocycles. The number of carboxylic acid groups (broad SMARTS) is 1. The molecule has 8 heteroatoms. The summed E-state index contributed by atoms with van der Waals surface area (Å²) in [5.41, 5.74) is 0.0189. The van der Waals surface area contributed by atoms with Crippen molar-refractivity contribution in [1.29, 1.82) is 0 Å². The van der Waals surface area contributed by atoms with Crippen LogP contribution in [0.1, 0.15) is 65.5 Å². The summed E-state index contributed by atoms with van der Waals surface area (Å²) in [5.74, 6) is -2.49. The summed E-state index contributed by atoms with van der Waals surface area (Å²) in [6.45, 7) is -3.64. The fourth-order valence-corrected chi connectivity index (χ4v) is 4.59. The molecule has 2 aromatic carbocycles. The van der Waals surface area contributed by atoms with E-state index in [-0.39, 0.29) is 26.7 Å². The summed E-state index contributed by atoms with van der Waals surface area (Å²) in [6.07, 6.45) is -20.8. The van der Waals surface area contributed by atoms with E-state index in [1.54, 1.807) is 0 Å². The molecule has 1 unspecified atom stereocenters. The third kappa shape index (κ3) is 4.74. The van der Waals surface area contributed by atoms with Gasteiger partial charge in [-0.25, -0.2) is 8.42 Å². The number of hydrogen-bond donors (Lipinski definition) is 2. The maximum Gasteiger partial charge on any atom is 0.303 e. The van der Waals surface area contributed by atoms with Gasteiger partial charge in [-0.15, -0.1) is 0 Å². The third-order valence-electron chi connectivity index (χ3n) is 4.15. The highest BCUT2D eigenvalue weighted by atomic mass is 35.5. The molecule has 0 saturated heterocycles. The average Bonchev–Trinajstić information content (AvgIpc) is 2.91. The topological polar surface area (TPSA) is 86.7 Å². The molecule has 2 aromatic rings. The van der Waals surface area contributed by atoms with Crippen molar-refractivity contribution >= 4 is 33.3 Å². The van der Waals surface area contributed by atoms with E-state index >= 15 is 0 Å². The molecule has 3 rings (SSSR count). The first-order chi connectivity index (χ1) is 18.3. The van der Waals surface area contributed by atoms with Crippen LogP contribution in [0.3, 0.4) is 0 Å². The predicted octanol–water partition coefficient (Wildman–Crippen LogP) is 4.19. The van der Waals surface area contributed by atoms with Crippen molar-refractivity contribution in [1.82, 2.24) is 5.32 Å². The second kappa shape index (κ2) is 9.15. The van der Waals surface area contributed by atoms with Crippen LogP contribution >= 0.6 is 11.6 Å². The van der Waals surface area contributed by atoms with Crippen LogP contribution in [0.5, 0.6) is 0 Å². The number of rotatable bonds is 8. The van der Waals surface area contributed by atoms with E-state index in [9.17, 15) is 13.2 Å². The quantitative estimate of drug-likeness (QED) is 0.632. The van der Waals surface area contributed by atoms with Crippen LogP contribution in [0.4, 0.5) is 5.69 Å². The Morgan fingerprint density at radius 3 is 2.66 bits per heavy atom. The molecule has 1 atom stereocenters. The number of halogens is 1. The Kier molecular flexibility index (Phi) is 3.41. The maximum atomic E-state index is 13.4. The number of carbonyl (C=O) groups is 1. The van der Waals surface area contributed by atoms with Crippen LogP contribution in [-0.4, -0.2) is 33.0 Å². The number of aliphatic carboxylic acids is 1. The first kappa shape index (κ1) is 10.8. The first-order valence-corrected chi connectivity index (χ1v) is 10.0. The first-order valence-electron chi connectivity index (χ1n) is 14.2. The van der Waals surface area contributed by atoms with Gasteiger partial charge in [0.2, 0.25) is 0 Å². The SMILES string of the molecule is [2H]C([2H])(NC1c2ccccc2N(C)S(=O)(=O)c2cc(Cl)ccc21)C([2H])([2H])C([2H])([2H])C([2H])([2H])C([2H])([2H])C([2H])([2H])C(=O)O. The Balaban J connectivity index is 2.23. The van der Waals surface area contributed by atoms with Crippen molar-refractivity contribution in [2.24, 2.45) is 0 Å². The molecule has 0 aromatic heterocycles. The zero-order valence-corrected chi connectivity index (χ0v) is 16.6. The summed E-state index contributed by atoms with van der Waals surface area (Å²) >= 11 is 6.04. The van der Waals surface area contributed by atoms with E-state index in [0.29, 0.717) is 0 Å². The lowest BCUT2D eigenvalue weighted by molar-refractivity contribution is -0.137. The molecule has 1 heterocycles. The molecule has 1 aliphatic rings. The minimum absolute atomic E-state index is 0.00299. The summed E-state index contributed by atoms with van der Waals surface area (Å²) in [7, 11) is -3.08. The van der Waals surface area contributed by atoms with E-state index < -0.39 is 60.4 Å². The number of benzene rings is 2. The second-order valence-corrected chi connectivity index (χ2v) is 8.22. The lowest BCUT2D eigenvalue weighted by Crippen LogP contribution is -2.26. The van der Waals surface area contributed by atoms with E-state index in [0.717, 1.165) is 10.4 Å². The van der Waals surface area contributed by atoms with Crippen LogP contribution in [0, 0.1) is 0 Å². The molecule has 1 aliphatic heterocycles. The Labute approximate surface area is 193 Å². The summed E-state index contributed by atoms with van der Waals surface area (Å²) in [4.78, 5) is 11.0. The largest absolute Gasteiger partial charge is 0.481 e. The minimum Gasteiger partial charge on any atom is -0.481 e. The van der Waals surface area contributed by atoms with Gasteiger partial charge >= 0.3 is 5.97 Å². The molecule has 0 bridgehead atoms. The molecule has 0 amide bonds. The van der Waals surface area contributed by atoms with Gasteiger partial charge in [-0.1, -0.05) is 48.6 Å². The third-order valence-corrected chi connectivity index (χ3v) is 6.21. The van der Waals surface area contributed by atoms with Crippen molar-refractivity contribution in [2.75, 3.05) is 17.8 Å². The molecule has 0 radical (unpaired) electrons. The van der Waals surface area contributed by atoms with Crippen LogP contribution in [0.15, 0.2) is 47.4 Å². The number of fused-ring (bicyclic) bond motifs is 2. The number of sulfonamides is 1. The molecule has 6 nitrogen and oxygen atoms in total. The van der Waals surface area contributed by atoms with Gasteiger partial charge in [0, 0.05) is 34.9 Å². The van der Waals surface area contributed by atoms with Gasteiger partial charge in [-0.05, 0) is 48.6 Å². The van der Waals surface area contributed by atoms with Crippen molar-refractivity contribution < 1.29 is 34.8 Å². The summed E-state index contributed by atoms with van der Waals surface area (Å²) < 4.78 is 125. The molecule has 0 fully saturated rings. The number of anilines is 1. The molecule has 29 heavy (non-hydrogen) atoms. The number of para-hydroxylation sites is 1. The smallest absolute Gasteiger partial charge is 0.303 e. The van der Waals surface area contributed by atoms with Crippen LogP contribution < -0.4 is 9.62 Å². The highest BCUT2D eigenvalue weighted by molar-refractivity contribution is 7.92. The second-order valence-electron chi connectivity index (χ2n) is 5.85. The number of nitrogens with one attached hydrogen (secondary N) is 1. The zero-order valence-electron chi connectivity index (χ0n) is 27.0. The van der Waals surface area contributed by atoms with Gasteiger partial charge in [0.25, 0.3) is 10.0 Å². The highest BCUT2D eigenvalue weighted by Crippen LogP contribution is 2.40. The van der Waals surface area contributed by atoms with Crippen LogP contribution in [0.2, 0.25) is 5.02 Å². The number of nitrogens with zero attached hydrogens (tertiary/aromatic N) is 1. The predicted molar refractivity (Wildman–Crippen MR) is 114 cm³/mol. The summed E-state index contributed by atoms with van der Waals surface area (Å²) in [5, 5.41) is 11.4. The maximum absolute atomic E-state index is 13.4. The van der Waals surface area contributed by atoms with Crippen molar-refractivity contribution in [3.63, 3.8) is 0 Å². The molecular formula is C21H25ClN2O4S. The van der Waals surface area contributed by atoms with Crippen LogP contribution in [0.25, 0.3) is 0 Å². The van der Waals surface area contributed by atoms with Gasteiger partial charge < -0.3 is 10.4 Å². The van der Waals surface area contributed by atoms with Crippen molar-refractivity contribution in [3.8, 4) is 0 Å². The van der Waals surface area contributed by atoms with Gasteiger partial charge in [0.15, 0.2) is 0 Å². The highest BCUT2D eigenvalue weighted by Gasteiger charge is 2.34. The van der Waals surface area contributed by atoms with Crippen molar-refractivity contribution in [2.45, 2.75) is 42.8 Å². The van der Waals surface area contributed by atoms with E-state index in [2.05, 4.69) is 5.32 Å². The van der Waals surface area contributed by atoms with E-state index in [1.807, 2.05) is 0 Å². The zero-order chi connectivity index (χ0) is 31.8. The fourth-order valence-electron chi connectivity index (χ4n) is 2.88. The number of carboxylic acids is 1. The van der Waals surface area contributed by atoms with Gasteiger partial charge in [0.05, 0.1) is 16.6 Å². The molecule has 156 valence electrons. The Bertz CT molecular complexity index is 1490. The Morgan fingerprint density at radius 2 is 1.90 bits per heavy atom. The van der Waals surface area contributed by atoms with E-state index in [4.69, 9.17) is 33.2 Å². The average molecular weight is 449 g/mol. The van der Waals surface area contributed by atoms with Gasteiger partial charge in [0.1, 0.15) is 0 Å². The standard InChI is InChI=1S/C21H25ClN2O4S/c1-24-18-9-6-5-8-16(18)21(23-13-7-3-2-4-10-20(25)26)17-12-11-15(22)14-19(17)29(24,27)28/h5-6,8-9,11-12,14,21,23H,2-4,7,10,13H2,1H3,(H,25,26)/i2D2,3D2,4D2,7D2,10D2,13D2. The fraction of sp³-hybridized carbons (Fsp3) is 0.381. The summed E-state index contributed by atoms with van der Waals surface area (Å²) in [6, 6.07) is 7.87. The molecule has 2 N–H and O–H groups in total. The van der Waals surface area contributed by atoms with Gasteiger partial charge in [-0.2, -0.15) is 0 Å². The van der Waals surface area contributed by atoms with Crippen molar-refractivity contribution in [3.05, 3.63) is 58.6 Å². The Morgan fingerprint density at radius 1 is 1.17 bits per heavy atom. The Hall–Kier alpha value is -2.09. The lowest BCUT2D eigenvalue weighted by atomic mass is 9.96. The molecule has 0 saturated carbocycles. The molecule has 0 spiro atoms.